The second-order valence-electron chi connectivity index (χ2n) is 4.90. The largest absolute Gasteiger partial charge is 0.505 e. The summed E-state index contributed by atoms with van der Waals surface area (Å²) in [6.07, 6.45) is 0. The van der Waals surface area contributed by atoms with E-state index in [2.05, 4.69) is 4.72 Å². The Morgan fingerprint density at radius 1 is 0.950 bits per heavy atom. The first-order valence-electron chi connectivity index (χ1n) is 6.19. The minimum absolute atomic E-state index is 0.0497. The van der Waals surface area contributed by atoms with E-state index in [9.17, 15) is 13.5 Å². The van der Waals surface area contributed by atoms with Gasteiger partial charge in [-0.1, -0.05) is 23.8 Å². The number of benzene rings is 2. The van der Waals surface area contributed by atoms with Crippen LogP contribution in [0.1, 0.15) is 16.7 Å². The van der Waals surface area contributed by atoms with Crippen molar-refractivity contribution in [3.05, 3.63) is 53.1 Å². The van der Waals surface area contributed by atoms with Crippen molar-refractivity contribution >= 4 is 15.7 Å². The first-order chi connectivity index (χ1) is 9.29. The normalized spacial score (nSPS) is 11.3. The fourth-order valence-corrected chi connectivity index (χ4v) is 3.02. The van der Waals surface area contributed by atoms with Crippen molar-refractivity contribution in [3.8, 4) is 5.75 Å². The summed E-state index contributed by atoms with van der Waals surface area (Å²) in [6.45, 7) is 5.46. The molecular formula is C15H17NO3S. The lowest BCUT2D eigenvalue weighted by molar-refractivity contribution is 0.473. The molecule has 2 aromatic carbocycles. The van der Waals surface area contributed by atoms with Gasteiger partial charge in [-0.05, 0) is 50.1 Å². The van der Waals surface area contributed by atoms with Crippen LogP contribution >= 0.6 is 0 Å². The molecule has 2 rings (SSSR count). The van der Waals surface area contributed by atoms with Crippen LogP contribution in [0.25, 0.3) is 0 Å². The molecule has 0 aliphatic heterocycles. The zero-order valence-corrected chi connectivity index (χ0v) is 12.5. The van der Waals surface area contributed by atoms with E-state index < -0.39 is 10.0 Å². The maximum atomic E-state index is 12.3. The average Bonchev–Trinajstić information content (AvgIpc) is 2.35. The molecule has 20 heavy (non-hydrogen) atoms. The molecule has 0 saturated carbocycles. The molecule has 0 amide bonds. The lowest BCUT2D eigenvalue weighted by atomic mass is 10.1. The van der Waals surface area contributed by atoms with E-state index in [4.69, 9.17) is 0 Å². The highest BCUT2D eigenvalue weighted by atomic mass is 32.2. The molecule has 0 aliphatic rings. The summed E-state index contributed by atoms with van der Waals surface area (Å²) >= 11 is 0. The Balaban J connectivity index is 2.41. The Hall–Kier alpha value is -2.01. The van der Waals surface area contributed by atoms with Gasteiger partial charge < -0.3 is 5.11 Å². The van der Waals surface area contributed by atoms with Crippen LogP contribution < -0.4 is 4.72 Å². The van der Waals surface area contributed by atoms with E-state index in [0.717, 1.165) is 11.1 Å². The molecule has 0 heterocycles. The molecule has 106 valence electrons. The highest BCUT2D eigenvalue weighted by molar-refractivity contribution is 7.92. The number of phenolic OH excluding ortho intramolecular Hbond substituents is 1. The number of aromatic hydroxyl groups is 1. The van der Waals surface area contributed by atoms with Crippen LogP contribution in [0.4, 0.5) is 5.69 Å². The number of aryl methyl sites for hydroxylation is 3. The molecule has 0 spiro atoms. The Labute approximate surface area is 119 Å². The quantitative estimate of drug-likeness (QED) is 0.854. The van der Waals surface area contributed by atoms with Crippen molar-refractivity contribution in [1.29, 1.82) is 0 Å². The molecule has 0 aliphatic carbocycles. The number of sulfonamides is 1. The van der Waals surface area contributed by atoms with Gasteiger partial charge in [-0.3, -0.25) is 4.72 Å². The maximum absolute atomic E-state index is 12.3. The second kappa shape index (κ2) is 5.17. The predicted molar refractivity (Wildman–Crippen MR) is 79.6 cm³/mol. The summed E-state index contributed by atoms with van der Waals surface area (Å²) in [7, 11) is -3.70. The van der Waals surface area contributed by atoms with Gasteiger partial charge in [0.05, 0.1) is 10.6 Å². The summed E-state index contributed by atoms with van der Waals surface area (Å²) in [5, 5.41) is 9.95. The van der Waals surface area contributed by atoms with Crippen LogP contribution in [0.2, 0.25) is 0 Å². The van der Waals surface area contributed by atoms with E-state index in [1.54, 1.807) is 31.2 Å². The van der Waals surface area contributed by atoms with E-state index in [1.165, 1.54) is 12.1 Å². The van der Waals surface area contributed by atoms with Crippen LogP contribution in [0.5, 0.6) is 5.75 Å². The third-order valence-electron chi connectivity index (χ3n) is 3.02. The molecule has 5 heteroatoms. The third-order valence-corrected chi connectivity index (χ3v) is 4.40. The van der Waals surface area contributed by atoms with Crippen LogP contribution in [0.15, 0.2) is 41.3 Å². The molecule has 0 atom stereocenters. The van der Waals surface area contributed by atoms with Crippen LogP contribution in [0, 0.1) is 20.8 Å². The third kappa shape index (κ3) is 2.93. The van der Waals surface area contributed by atoms with E-state index in [0.29, 0.717) is 5.56 Å². The summed E-state index contributed by atoms with van der Waals surface area (Å²) in [6, 6.07) is 9.94. The smallest absolute Gasteiger partial charge is 0.262 e. The zero-order valence-electron chi connectivity index (χ0n) is 11.6. The van der Waals surface area contributed by atoms with Crippen molar-refractivity contribution in [1.82, 2.24) is 0 Å². The van der Waals surface area contributed by atoms with Crippen molar-refractivity contribution in [3.63, 3.8) is 0 Å². The van der Waals surface area contributed by atoms with Gasteiger partial charge in [0.25, 0.3) is 10.0 Å². The number of hydrogen-bond acceptors (Lipinski definition) is 3. The van der Waals surface area contributed by atoms with Crippen molar-refractivity contribution in [2.45, 2.75) is 25.7 Å². The summed E-state index contributed by atoms with van der Waals surface area (Å²) in [5.41, 5.74) is 2.69. The summed E-state index contributed by atoms with van der Waals surface area (Å²) in [5.74, 6) is -0.0497. The number of nitrogens with one attached hydrogen (secondary N) is 1. The van der Waals surface area contributed by atoms with Gasteiger partial charge in [0.15, 0.2) is 0 Å². The fourth-order valence-electron chi connectivity index (χ4n) is 1.96. The molecule has 2 aromatic rings. The van der Waals surface area contributed by atoms with Crippen molar-refractivity contribution < 1.29 is 13.5 Å². The number of phenols is 1. The van der Waals surface area contributed by atoms with Crippen molar-refractivity contribution in [2.24, 2.45) is 0 Å². The van der Waals surface area contributed by atoms with Crippen LogP contribution in [-0.2, 0) is 10.0 Å². The van der Waals surface area contributed by atoms with E-state index in [-0.39, 0.29) is 16.3 Å². The molecule has 0 fully saturated rings. The van der Waals surface area contributed by atoms with Crippen molar-refractivity contribution in [2.75, 3.05) is 4.72 Å². The van der Waals surface area contributed by atoms with Gasteiger partial charge in [0.1, 0.15) is 5.75 Å². The molecule has 0 radical (unpaired) electrons. The van der Waals surface area contributed by atoms with Gasteiger partial charge in [-0.15, -0.1) is 0 Å². The Kier molecular flexibility index (Phi) is 3.72. The molecular weight excluding hydrogens is 274 g/mol. The van der Waals surface area contributed by atoms with Gasteiger partial charge in [0.2, 0.25) is 0 Å². The maximum Gasteiger partial charge on any atom is 0.262 e. The average molecular weight is 291 g/mol. The summed E-state index contributed by atoms with van der Waals surface area (Å²) in [4.78, 5) is 0.168. The predicted octanol–water partition coefficient (Wildman–Crippen LogP) is 3.12. The highest BCUT2D eigenvalue weighted by Crippen LogP contribution is 2.30. The minimum atomic E-state index is -3.70. The Morgan fingerprint density at radius 2 is 1.55 bits per heavy atom. The Bertz CT molecular complexity index is 734. The molecule has 2 N–H and O–H groups in total. The monoisotopic (exact) mass is 291 g/mol. The topological polar surface area (TPSA) is 66.4 Å². The van der Waals surface area contributed by atoms with E-state index >= 15 is 0 Å². The lowest BCUT2D eigenvalue weighted by Crippen LogP contribution is -2.13. The van der Waals surface area contributed by atoms with Gasteiger partial charge >= 0.3 is 0 Å². The highest BCUT2D eigenvalue weighted by Gasteiger charge is 2.16. The van der Waals surface area contributed by atoms with Gasteiger partial charge in [-0.2, -0.15) is 0 Å². The number of hydrogen-bond donors (Lipinski definition) is 2. The van der Waals surface area contributed by atoms with Gasteiger partial charge in [-0.25, -0.2) is 8.42 Å². The first-order valence-corrected chi connectivity index (χ1v) is 7.67. The standard InChI is InChI=1S/C15H17NO3S/c1-10-4-6-13(7-5-10)20(18,19)16-14-9-11(2)8-12(3)15(14)17/h4-9,16-17H,1-3H3. The molecule has 0 saturated heterocycles. The molecule has 0 aromatic heterocycles. The fraction of sp³-hybridized carbons (Fsp3) is 0.200. The SMILES string of the molecule is Cc1ccc(S(=O)(=O)Nc2cc(C)cc(C)c2O)cc1. The lowest BCUT2D eigenvalue weighted by Gasteiger charge is -2.12. The number of rotatable bonds is 3. The second-order valence-corrected chi connectivity index (χ2v) is 6.58. The number of anilines is 1. The first kappa shape index (κ1) is 14.4. The van der Waals surface area contributed by atoms with Crippen LogP contribution in [-0.4, -0.2) is 13.5 Å². The zero-order chi connectivity index (χ0) is 14.9. The molecule has 0 bridgehead atoms. The molecule has 0 unspecified atom stereocenters. The van der Waals surface area contributed by atoms with Crippen LogP contribution in [0.3, 0.4) is 0 Å². The minimum Gasteiger partial charge on any atom is -0.505 e. The van der Waals surface area contributed by atoms with Gasteiger partial charge in [0, 0.05) is 0 Å². The van der Waals surface area contributed by atoms with E-state index in [1.807, 2.05) is 13.8 Å². The Morgan fingerprint density at radius 3 is 2.15 bits per heavy atom. The summed E-state index contributed by atoms with van der Waals surface area (Å²) < 4.78 is 27.0. The molecule has 4 nitrogen and oxygen atoms in total.